The SMILES string of the molecule is c1nn(C2CC2)cc1CC1CCNC1. The van der Waals surface area contributed by atoms with Crippen LogP contribution in [0.15, 0.2) is 12.4 Å². The van der Waals surface area contributed by atoms with Crippen LogP contribution in [0.25, 0.3) is 0 Å². The van der Waals surface area contributed by atoms with E-state index in [1.54, 1.807) is 0 Å². The van der Waals surface area contributed by atoms with E-state index in [1.807, 2.05) is 0 Å². The highest BCUT2D eigenvalue weighted by molar-refractivity contribution is 5.07. The molecular formula is C11H17N3. The van der Waals surface area contributed by atoms with Crippen molar-refractivity contribution in [3.8, 4) is 0 Å². The molecule has 1 atom stereocenters. The first-order chi connectivity index (χ1) is 6.92. The van der Waals surface area contributed by atoms with Crippen LogP contribution in [0.4, 0.5) is 0 Å². The molecule has 1 N–H and O–H groups in total. The number of nitrogens with zero attached hydrogens (tertiary/aromatic N) is 2. The predicted molar refractivity (Wildman–Crippen MR) is 55.2 cm³/mol. The molecule has 1 aromatic rings. The van der Waals surface area contributed by atoms with E-state index in [0.717, 1.165) is 12.0 Å². The van der Waals surface area contributed by atoms with Crippen molar-refractivity contribution in [1.82, 2.24) is 15.1 Å². The van der Waals surface area contributed by atoms with E-state index in [1.165, 1.54) is 44.3 Å². The van der Waals surface area contributed by atoms with E-state index in [4.69, 9.17) is 0 Å². The first-order valence-electron chi connectivity index (χ1n) is 5.65. The van der Waals surface area contributed by atoms with Crippen molar-refractivity contribution in [2.24, 2.45) is 5.92 Å². The molecule has 3 rings (SSSR count). The van der Waals surface area contributed by atoms with Gasteiger partial charge in [0.15, 0.2) is 0 Å². The van der Waals surface area contributed by atoms with E-state index in [0.29, 0.717) is 0 Å². The summed E-state index contributed by atoms with van der Waals surface area (Å²) in [6, 6.07) is 0.727. The van der Waals surface area contributed by atoms with Gasteiger partial charge < -0.3 is 5.32 Å². The summed E-state index contributed by atoms with van der Waals surface area (Å²) in [6.07, 6.45) is 9.49. The number of nitrogens with one attached hydrogen (secondary N) is 1. The maximum absolute atomic E-state index is 4.42. The van der Waals surface area contributed by atoms with E-state index in [9.17, 15) is 0 Å². The van der Waals surface area contributed by atoms with Crippen LogP contribution < -0.4 is 5.32 Å². The van der Waals surface area contributed by atoms with Gasteiger partial charge in [0.2, 0.25) is 0 Å². The van der Waals surface area contributed by atoms with Gasteiger partial charge in [0.25, 0.3) is 0 Å². The van der Waals surface area contributed by atoms with Crippen molar-refractivity contribution in [2.45, 2.75) is 31.7 Å². The molecule has 14 heavy (non-hydrogen) atoms. The molecule has 1 aliphatic carbocycles. The zero-order valence-electron chi connectivity index (χ0n) is 8.45. The van der Waals surface area contributed by atoms with Crippen molar-refractivity contribution in [2.75, 3.05) is 13.1 Å². The molecule has 0 radical (unpaired) electrons. The third-order valence-corrected chi connectivity index (χ3v) is 3.26. The zero-order valence-corrected chi connectivity index (χ0v) is 8.45. The van der Waals surface area contributed by atoms with Crippen molar-refractivity contribution in [3.63, 3.8) is 0 Å². The van der Waals surface area contributed by atoms with Crippen molar-refractivity contribution in [1.29, 1.82) is 0 Å². The van der Waals surface area contributed by atoms with Gasteiger partial charge in [-0.3, -0.25) is 4.68 Å². The molecule has 0 spiro atoms. The van der Waals surface area contributed by atoms with E-state index >= 15 is 0 Å². The molecule has 1 aliphatic heterocycles. The highest BCUT2D eigenvalue weighted by atomic mass is 15.3. The lowest BCUT2D eigenvalue weighted by atomic mass is 10.0. The molecule has 1 saturated carbocycles. The molecule has 1 unspecified atom stereocenters. The van der Waals surface area contributed by atoms with Crippen LogP contribution in [0.3, 0.4) is 0 Å². The normalized spacial score (nSPS) is 27.0. The second-order valence-corrected chi connectivity index (χ2v) is 4.62. The topological polar surface area (TPSA) is 29.9 Å². The standard InChI is InChI=1S/C11H17N3/c1-2-11(1)14-8-10(7-13-14)5-9-3-4-12-6-9/h7-9,11-12H,1-6H2. The smallest absolute Gasteiger partial charge is 0.0521 e. The zero-order chi connectivity index (χ0) is 9.38. The third-order valence-electron chi connectivity index (χ3n) is 3.26. The average molecular weight is 191 g/mol. The highest BCUT2D eigenvalue weighted by Gasteiger charge is 2.24. The van der Waals surface area contributed by atoms with Gasteiger partial charge in [0, 0.05) is 6.20 Å². The Bertz CT molecular complexity index is 308. The molecular weight excluding hydrogens is 174 g/mol. The van der Waals surface area contributed by atoms with Crippen LogP contribution in [-0.4, -0.2) is 22.9 Å². The Morgan fingerprint density at radius 3 is 3.07 bits per heavy atom. The summed E-state index contributed by atoms with van der Waals surface area (Å²) in [7, 11) is 0. The molecule has 0 bridgehead atoms. The molecule has 2 aliphatic rings. The van der Waals surface area contributed by atoms with Gasteiger partial charge in [0.1, 0.15) is 0 Å². The van der Waals surface area contributed by atoms with Crippen molar-refractivity contribution in [3.05, 3.63) is 18.0 Å². The quantitative estimate of drug-likeness (QED) is 0.782. The van der Waals surface area contributed by atoms with E-state index in [2.05, 4.69) is 27.5 Å². The Labute approximate surface area is 84.5 Å². The lowest BCUT2D eigenvalue weighted by molar-refractivity contribution is 0.578. The molecule has 2 fully saturated rings. The van der Waals surface area contributed by atoms with Gasteiger partial charge in [-0.15, -0.1) is 0 Å². The minimum Gasteiger partial charge on any atom is -0.316 e. The maximum Gasteiger partial charge on any atom is 0.0521 e. The first-order valence-corrected chi connectivity index (χ1v) is 5.65. The summed E-state index contributed by atoms with van der Waals surface area (Å²) >= 11 is 0. The Balaban J connectivity index is 1.64. The van der Waals surface area contributed by atoms with Gasteiger partial charge >= 0.3 is 0 Å². The molecule has 3 nitrogen and oxygen atoms in total. The molecule has 2 heterocycles. The summed E-state index contributed by atoms with van der Waals surface area (Å²) in [6.45, 7) is 2.38. The number of rotatable bonds is 3. The van der Waals surface area contributed by atoms with Crippen LogP contribution in [0.5, 0.6) is 0 Å². The summed E-state index contributed by atoms with van der Waals surface area (Å²) in [5.74, 6) is 0.840. The fraction of sp³-hybridized carbons (Fsp3) is 0.727. The fourth-order valence-electron chi connectivity index (χ4n) is 2.24. The summed E-state index contributed by atoms with van der Waals surface area (Å²) in [5.41, 5.74) is 1.42. The van der Waals surface area contributed by atoms with Crippen LogP contribution in [0, 0.1) is 5.92 Å². The van der Waals surface area contributed by atoms with E-state index in [-0.39, 0.29) is 0 Å². The predicted octanol–water partition coefficient (Wildman–Crippen LogP) is 1.37. The summed E-state index contributed by atoms with van der Waals surface area (Å²) in [5, 5.41) is 7.82. The van der Waals surface area contributed by atoms with Gasteiger partial charge in [-0.25, -0.2) is 0 Å². The second kappa shape index (κ2) is 3.39. The Kier molecular flexibility index (Phi) is 2.05. The highest BCUT2D eigenvalue weighted by Crippen LogP contribution is 2.34. The van der Waals surface area contributed by atoms with Gasteiger partial charge in [-0.05, 0) is 50.3 Å². The summed E-state index contributed by atoms with van der Waals surface area (Å²) in [4.78, 5) is 0. The maximum atomic E-state index is 4.42. The van der Waals surface area contributed by atoms with Crippen molar-refractivity contribution < 1.29 is 0 Å². The lowest BCUT2D eigenvalue weighted by Crippen LogP contribution is -2.10. The molecule has 0 amide bonds. The molecule has 0 aromatic carbocycles. The van der Waals surface area contributed by atoms with Crippen LogP contribution in [0.1, 0.15) is 30.9 Å². The summed E-state index contributed by atoms with van der Waals surface area (Å²) < 4.78 is 2.15. The monoisotopic (exact) mass is 191 g/mol. The Morgan fingerprint density at radius 1 is 1.43 bits per heavy atom. The minimum absolute atomic E-state index is 0.727. The average Bonchev–Trinajstić information content (AvgIpc) is 2.75. The number of hydrogen-bond donors (Lipinski definition) is 1. The molecule has 3 heteroatoms. The van der Waals surface area contributed by atoms with Gasteiger partial charge in [-0.2, -0.15) is 5.10 Å². The fourth-order valence-corrected chi connectivity index (χ4v) is 2.24. The van der Waals surface area contributed by atoms with Crippen LogP contribution >= 0.6 is 0 Å². The molecule has 1 saturated heterocycles. The molecule has 76 valence electrons. The van der Waals surface area contributed by atoms with Gasteiger partial charge in [-0.1, -0.05) is 0 Å². The minimum atomic E-state index is 0.727. The van der Waals surface area contributed by atoms with Gasteiger partial charge in [0.05, 0.1) is 12.2 Å². The largest absolute Gasteiger partial charge is 0.316 e. The lowest BCUT2D eigenvalue weighted by Gasteiger charge is -2.04. The van der Waals surface area contributed by atoms with E-state index < -0.39 is 0 Å². The van der Waals surface area contributed by atoms with Crippen molar-refractivity contribution >= 4 is 0 Å². The number of hydrogen-bond acceptors (Lipinski definition) is 2. The second-order valence-electron chi connectivity index (χ2n) is 4.62. The third kappa shape index (κ3) is 1.69. The molecule has 1 aromatic heterocycles. The van der Waals surface area contributed by atoms with Crippen LogP contribution in [-0.2, 0) is 6.42 Å². The Hall–Kier alpha value is -0.830. The Morgan fingerprint density at radius 2 is 2.36 bits per heavy atom. The van der Waals surface area contributed by atoms with Crippen LogP contribution in [0.2, 0.25) is 0 Å². The first kappa shape index (κ1) is 8.48. The number of aromatic nitrogens is 2.